The van der Waals surface area contributed by atoms with Gasteiger partial charge in [0.25, 0.3) is 5.91 Å². The van der Waals surface area contributed by atoms with E-state index in [1.54, 1.807) is 29.3 Å². The number of nitrogens with one attached hydrogen (secondary N) is 1. The molecule has 0 aliphatic carbocycles. The largest absolute Gasteiger partial charge is 0.347 e. The Labute approximate surface area is 126 Å². The van der Waals surface area contributed by atoms with E-state index in [2.05, 4.69) is 45.3 Å². The van der Waals surface area contributed by atoms with E-state index in [1.807, 2.05) is 12.1 Å². The maximum absolute atomic E-state index is 12.3. The number of benzene rings is 1. The maximum Gasteiger partial charge on any atom is 0.251 e. The number of hydrogen-bond donors (Lipinski definition) is 1. The highest BCUT2D eigenvalue weighted by molar-refractivity contribution is 9.10. The van der Waals surface area contributed by atoms with E-state index in [0.717, 1.165) is 4.47 Å². The van der Waals surface area contributed by atoms with Crippen molar-refractivity contribution in [2.24, 2.45) is 5.92 Å². The maximum atomic E-state index is 12.3. The molecule has 106 valence electrons. The minimum absolute atomic E-state index is 0.0196. The van der Waals surface area contributed by atoms with Crippen molar-refractivity contribution in [1.82, 2.24) is 20.3 Å². The number of rotatable bonds is 5. The lowest BCUT2D eigenvalue weighted by Crippen LogP contribution is -2.42. The van der Waals surface area contributed by atoms with E-state index in [4.69, 9.17) is 0 Å². The minimum atomic E-state index is -0.0860. The molecular weight excluding hydrogens is 320 g/mol. The number of carbonyl (C=O) groups excluding carboxylic acids is 1. The van der Waals surface area contributed by atoms with Crippen LogP contribution < -0.4 is 5.32 Å². The van der Waals surface area contributed by atoms with Crippen molar-refractivity contribution in [2.45, 2.75) is 26.4 Å². The molecule has 0 saturated carbocycles. The fourth-order valence-electron chi connectivity index (χ4n) is 1.82. The first kappa shape index (κ1) is 14.7. The highest BCUT2D eigenvalue weighted by atomic mass is 79.9. The SMILES string of the molecule is CC(C)C(Cn1nccn1)NC(=O)c1cccc(Br)c1. The monoisotopic (exact) mass is 336 g/mol. The fraction of sp³-hybridized carbons (Fsp3) is 0.357. The lowest BCUT2D eigenvalue weighted by Gasteiger charge is -2.21. The van der Waals surface area contributed by atoms with Gasteiger partial charge >= 0.3 is 0 Å². The second-order valence-electron chi connectivity index (χ2n) is 4.92. The van der Waals surface area contributed by atoms with Gasteiger partial charge in [0.05, 0.1) is 25.0 Å². The molecule has 1 heterocycles. The first-order chi connectivity index (χ1) is 9.56. The van der Waals surface area contributed by atoms with Crippen molar-refractivity contribution in [3.05, 3.63) is 46.7 Å². The number of amides is 1. The van der Waals surface area contributed by atoms with Crippen LogP contribution in [-0.2, 0) is 6.54 Å². The van der Waals surface area contributed by atoms with Gasteiger partial charge in [-0.05, 0) is 24.1 Å². The van der Waals surface area contributed by atoms with Crippen LogP contribution in [0.2, 0.25) is 0 Å². The van der Waals surface area contributed by atoms with E-state index in [1.165, 1.54) is 0 Å². The summed E-state index contributed by atoms with van der Waals surface area (Å²) in [5, 5.41) is 11.2. The summed E-state index contributed by atoms with van der Waals surface area (Å²) in [5.74, 6) is 0.203. The Morgan fingerprint density at radius 2 is 2.05 bits per heavy atom. The molecule has 2 aromatic rings. The van der Waals surface area contributed by atoms with Crippen LogP contribution in [0.25, 0.3) is 0 Å². The van der Waals surface area contributed by atoms with Crippen molar-refractivity contribution in [3.8, 4) is 0 Å². The molecule has 0 radical (unpaired) electrons. The zero-order chi connectivity index (χ0) is 14.5. The number of carbonyl (C=O) groups is 1. The summed E-state index contributed by atoms with van der Waals surface area (Å²) in [6.07, 6.45) is 3.26. The Bertz CT molecular complexity index is 568. The summed E-state index contributed by atoms with van der Waals surface area (Å²) in [7, 11) is 0. The first-order valence-electron chi connectivity index (χ1n) is 6.47. The van der Waals surface area contributed by atoms with Crippen LogP contribution in [-0.4, -0.2) is 26.9 Å². The van der Waals surface area contributed by atoms with Crippen molar-refractivity contribution >= 4 is 21.8 Å². The number of nitrogens with zero attached hydrogens (tertiary/aromatic N) is 3. The lowest BCUT2D eigenvalue weighted by molar-refractivity contribution is 0.0918. The van der Waals surface area contributed by atoms with E-state index in [9.17, 15) is 4.79 Å². The summed E-state index contributed by atoms with van der Waals surface area (Å²) < 4.78 is 0.889. The predicted molar refractivity (Wildman–Crippen MR) is 80.3 cm³/mol. The van der Waals surface area contributed by atoms with Gasteiger partial charge in [0.2, 0.25) is 0 Å². The van der Waals surface area contributed by atoms with E-state index in [-0.39, 0.29) is 17.9 Å². The molecule has 0 spiro atoms. The van der Waals surface area contributed by atoms with Gasteiger partial charge in [-0.1, -0.05) is 35.8 Å². The van der Waals surface area contributed by atoms with E-state index >= 15 is 0 Å². The lowest BCUT2D eigenvalue weighted by atomic mass is 10.0. The van der Waals surface area contributed by atoms with Crippen LogP contribution >= 0.6 is 15.9 Å². The Morgan fingerprint density at radius 1 is 1.35 bits per heavy atom. The van der Waals surface area contributed by atoms with Crippen LogP contribution in [0.5, 0.6) is 0 Å². The molecule has 0 fully saturated rings. The van der Waals surface area contributed by atoms with Gasteiger partial charge in [0.1, 0.15) is 0 Å². The second kappa shape index (κ2) is 6.65. The molecule has 5 nitrogen and oxygen atoms in total. The van der Waals surface area contributed by atoms with E-state index < -0.39 is 0 Å². The molecule has 0 aliphatic heterocycles. The number of hydrogen-bond acceptors (Lipinski definition) is 3. The molecule has 6 heteroatoms. The van der Waals surface area contributed by atoms with Gasteiger partial charge in [0.15, 0.2) is 0 Å². The zero-order valence-corrected chi connectivity index (χ0v) is 13.0. The molecule has 1 aromatic heterocycles. The van der Waals surface area contributed by atoms with Crippen LogP contribution in [0.15, 0.2) is 41.1 Å². The van der Waals surface area contributed by atoms with Gasteiger partial charge < -0.3 is 5.32 Å². The van der Waals surface area contributed by atoms with E-state index in [0.29, 0.717) is 12.1 Å². The smallest absolute Gasteiger partial charge is 0.251 e. The minimum Gasteiger partial charge on any atom is -0.347 e. The third-order valence-corrected chi connectivity index (χ3v) is 3.53. The van der Waals surface area contributed by atoms with Gasteiger partial charge in [-0.15, -0.1) is 0 Å². The summed E-state index contributed by atoms with van der Waals surface area (Å²) in [6, 6.07) is 7.32. The summed E-state index contributed by atoms with van der Waals surface area (Å²) in [4.78, 5) is 13.8. The summed E-state index contributed by atoms with van der Waals surface area (Å²) >= 11 is 3.37. The Hall–Kier alpha value is -1.69. The highest BCUT2D eigenvalue weighted by Gasteiger charge is 2.18. The topological polar surface area (TPSA) is 59.8 Å². The van der Waals surface area contributed by atoms with Crippen molar-refractivity contribution in [3.63, 3.8) is 0 Å². The van der Waals surface area contributed by atoms with Gasteiger partial charge in [-0.2, -0.15) is 15.0 Å². The van der Waals surface area contributed by atoms with Crippen LogP contribution in [0.4, 0.5) is 0 Å². The molecule has 1 unspecified atom stereocenters. The van der Waals surface area contributed by atoms with Crippen molar-refractivity contribution < 1.29 is 4.79 Å². The molecular formula is C14H17BrN4O. The Kier molecular flexibility index (Phi) is 4.89. The number of aromatic nitrogens is 3. The highest BCUT2D eigenvalue weighted by Crippen LogP contribution is 2.12. The third-order valence-electron chi connectivity index (χ3n) is 3.03. The first-order valence-corrected chi connectivity index (χ1v) is 7.26. The average molecular weight is 337 g/mol. The van der Waals surface area contributed by atoms with Crippen molar-refractivity contribution in [1.29, 1.82) is 0 Å². The third kappa shape index (κ3) is 3.90. The van der Waals surface area contributed by atoms with Gasteiger partial charge in [-0.25, -0.2) is 0 Å². The molecule has 0 aliphatic rings. The Morgan fingerprint density at radius 3 is 2.65 bits per heavy atom. The quantitative estimate of drug-likeness (QED) is 0.912. The molecule has 1 N–H and O–H groups in total. The second-order valence-corrected chi connectivity index (χ2v) is 5.83. The molecule has 1 atom stereocenters. The van der Waals surface area contributed by atoms with Gasteiger partial charge in [0, 0.05) is 10.0 Å². The standard InChI is InChI=1S/C14H17BrN4O/c1-10(2)13(9-19-16-6-7-17-19)18-14(20)11-4-3-5-12(15)8-11/h3-8,10,13H,9H2,1-2H3,(H,18,20). The molecule has 20 heavy (non-hydrogen) atoms. The molecule has 0 saturated heterocycles. The normalized spacial score (nSPS) is 12.4. The van der Waals surface area contributed by atoms with Crippen molar-refractivity contribution in [2.75, 3.05) is 0 Å². The molecule has 1 aromatic carbocycles. The molecule has 0 bridgehead atoms. The zero-order valence-electron chi connectivity index (χ0n) is 11.5. The Balaban J connectivity index is 2.06. The van der Waals surface area contributed by atoms with Gasteiger partial charge in [-0.3, -0.25) is 4.79 Å². The summed E-state index contributed by atoms with van der Waals surface area (Å²) in [6.45, 7) is 4.69. The average Bonchev–Trinajstić information content (AvgIpc) is 2.90. The summed E-state index contributed by atoms with van der Waals surface area (Å²) in [5.41, 5.74) is 0.637. The van der Waals surface area contributed by atoms with Crippen LogP contribution in [0, 0.1) is 5.92 Å². The van der Waals surface area contributed by atoms with Crippen LogP contribution in [0.1, 0.15) is 24.2 Å². The predicted octanol–water partition coefficient (Wildman–Crippen LogP) is 2.50. The number of halogens is 1. The molecule has 2 rings (SSSR count). The molecule has 1 amide bonds. The van der Waals surface area contributed by atoms with Crippen LogP contribution in [0.3, 0.4) is 0 Å². The fourth-order valence-corrected chi connectivity index (χ4v) is 2.22.